The van der Waals surface area contributed by atoms with Crippen LogP contribution in [0.2, 0.25) is 0 Å². The first-order valence-electron chi connectivity index (χ1n) is 16.6. The van der Waals surface area contributed by atoms with Crippen LogP contribution in [0, 0.1) is 6.92 Å². The molecular formula is C39H54N2NiO2. The quantitative estimate of drug-likeness (QED) is 0.130. The molecule has 0 radical (unpaired) electrons. The van der Waals surface area contributed by atoms with Crippen molar-refractivity contribution in [2.75, 3.05) is 0 Å². The van der Waals surface area contributed by atoms with E-state index in [9.17, 15) is 10.2 Å². The Kier molecular flexibility index (Phi) is 18.6. The first-order valence-corrected chi connectivity index (χ1v) is 16.6. The van der Waals surface area contributed by atoms with Crippen molar-refractivity contribution in [3.05, 3.63) is 81.4 Å². The van der Waals surface area contributed by atoms with Crippen LogP contribution in [0.1, 0.15) is 120 Å². The van der Waals surface area contributed by atoms with E-state index in [0.29, 0.717) is 0 Å². The average molecular weight is 642 g/mol. The fourth-order valence-electron chi connectivity index (χ4n) is 5.13. The predicted octanol–water partition coefficient (Wildman–Crippen LogP) is 9.65. The van der Waals surface area contributed by atoms with E-state index in [2.05, 4.69) is 77.9 Å². The van der Waals surface area contributed by atoms with E-state index < -0.39 is 0 Å². The van der Waals surface area contributed by atoms with Gasteiger partial charge >= 0.3 is 16.5 Å². The summed E-state index contributed by atoms with van der Waals surface area (Å²) in [5.74, 6) is -0.637. The van der Waals surface area contributed by atoms with Gasteiger partial charge in [-0.15, -0.1) is 11.5 Å². The second kappa shape index (κ2) is 20.9. The summed E-state index contributed by atoms with van der Waals surface area (Å²) in [7, 11) is 0. The Morgan fingerprint density at radius 2 is 1.16 bits per heavy atom. The van der Waals surface area contributed by atoms with Crippen LogP contribution in [-0.4, -0.2) is 11.9 Å². The maximum Gasteiger partial charge on any atom is 2.00 e. The van der Waals surface area contributed by atoms with Crippen molar-refractivity contribution in [2.45, 2.75) is 126 Å². The number of unbranched alkanes of at least 4 members (excludes halogenated alkanes) is 2. The molecule has 0 bridgehead atoms. The summed E-state index contributed by atoms with van der Waals surface area (Å²) in [6, 6.07) is 14.9. The largest absolute Gasteiger partial charge is 2.00 e. The first kappa shape index (κ1) is 39.1. The molecule has 5 heteroatoms. The third kappa shape index (κ3) is 12.2. The molecule has 4 nitrogen and oxygen atoms in total. The monoisotopic (exact) mass is 640 g/mol. The molecule has 0 N–H and O–H groups in total. The number of hydrogen-bond acceptors (Lipinski definition) is 4. The molecular weight excluding hydrogens is 587 g/mol. The molecule has 0 fully saturated rings. The molecule has 0 unspecified atom stereocenters. The summed E-state index contributed by atoms with van der Waals surface area (Å²) in [5.41, 5.74) is 11.4. The van der Waals surface area contributed by atoms with E-state index in [1.54, 1.807) is 0 Å². The summed E-state index contributed by atoms with van der Waals surface area (Å²) in [5, 5.41) is 23.1. The Balaban J connectivity index is 0.000000513. The molecule has 0 aliphatic heterocycles. The molecule has 0 amide bonds. The third-order valence-electron chi connectivity index (χ3n) is 8.03. The summed E-state index contributed by atoms with van der Waals surface area (Å²) in [6.45, 7) is 17.1. The van der Waals surface area contributed by atoms with E-state index in [4.69, 9.17) is 9.98 Å². The Labute approximate surface area is 278 Å². The fraction of sp³-hybridized carbons (Fsp3) is 0.487. The topological polar surface area (TPSA) is 70.8 Å². The van der Waals surface area contributed by atoms with Gasteiger partial charge in [0.2, 0.25) is 0 Å². The summed E-state index contributed by atoms with van der Waals surface area (Å²) in [6.07, 6.45) is 13.0. The van der Waals surface area contributed by atoms with Crippen LogP contribution < -0.4 is 10.2 Å². The summed E-state index contributed by atoms with van der Waals surface area (Å²) in [4.78, 5) is 9.78. The van der Waals surface area contributed by atoms with Crippen LogP contribution in [0.4, 0.5) is 11.4 Å². The Morgan fingerprint density at radius 3 is 1.61 bits per heavy atom. The summed E-state index contributed by atoms with van der Waals surface area (Å²) < 4.78 is 0. The molecule has 0 aromatic heterocycles. The fourth-order valence-corrected chi connectivity index (χ4v) is 5.13. The first-order chi connectivity index (χ1) is 20.7. The van der Waals surface area contributed by atoms with Gasteiger partial charge in [0.05, 0.1) is 17.1 Å². The predicted molar refractivity (Wildman–Crippen MR) is 183 cm³/mol. The molecule has 0 atom stereocenters. The van der Waals surface area contributed by atoms with Gasteiger partial charge in [-0.05, 0) is 122 Å². The normalized spacial score (nSPS) is 11.3. The third-order valence-corrected chi connectivity index (χ3v) is 8.03. The van der Waals surface area contributed by atoms with Crippen LogP contribution in [0.25, 0.3) is 0 Å². The van der Waals surface area contributed by atoms with Crippen molar-refractivity contribution in [3.8, 4) is 11.5 Å². The zero-order valence-electron chi connectivity index (χ0n) is 28.4. The Morgan fingerprint density at radius 1 is 0.659 bits per heavy atom. The number of benzene rings is 3. The van der Waals surface area contributed by atoms with Crippen molar-refractivity contribution in [2.24, 2.45) is 9.98 Å². The average Bonchev–Trinajstić information content (AvgIpc) is 3.03. The second-order valence-corrected chi connectivity index (χ2v) is 11.3. The van der Waals surface area contributed by atoms with Crippen LogP contribution >= 0.6 is 0 Å². The molecule has 3 aromatic rings. The van der Waals surface area contributed by atoms with Crippen LogP contribution in [-0.2, 0) is 55.0 Å². The minimum Gasteiger partial charge on any atom is -0.873 e. The van der Waals surface area contributed by atoms with Crippen LogP contribution in [0.15, 0.2) is 52.4 Å². The van der Waals surface area contributed by atoms with Gasteiger partial charge in [0, 0.05) is 6.21 Å². The zero-order valence-corrected chi connectivity index (χ0v) is 29.4. The van der Waals surface area contributed by atoms with Crippen molar-refractivity contribution < 1.29 is 26.7 Å². The van der Waals surface area contributed by atoms with Crippen LogP contribution in [0.5, 0.6) is 11.5 Å². The summed E-state index contributed by atoms with van der Waals surface area (Å²) >= 11 is 0. The molecule has 0 aliphatic rings. The van der Waals surface area contributed by atoms with E-state index in [1.165, 1.54) is 28.3 Å². The standard InChI is InChI=1S/C26H36N2.C13H20O2.Ni/c1-6-11-12-24(28-26-17-22(9-4)14-23(10-5)18-26)19-27-25-15-20(7-2)13-21(8-3)16-25;1-4-6-7-11-9(3)10(5-2)8-12(14)13(11)15;/h13-19H,6-12H2,1-5H3;8,14-15H,4-7H2,1-3H3;/q;;+2/p-2. The van der Waals surface area contributed by atoms with Crippen molar-refractivity contribution in [3.63, 3.8) is 0 Å². The van der Waals surface area contributed by atoms with Gasteiger partial charge in [-0.1, -0.05) is 85.1 Å². The second-order valence-electron chi connectivity index (χ2n) is 11.3. The minimum absolute atomic E-state index is 0. The molecule has 44 heavy (non-hydrogen) atoms. The molecule has 0 spiro atoms. The van der Waals surface area contributed by atoms with Gasteiger partial charge in [-0.25, -0.2) is 0 Å². The Hall–Kier alpha value is -2.91. The number of aliphatic imine (C=N–C) groups is 2. The molecule has 0 heterocycles. The maximum absolute atomic E-state index is 11.7. The van der Waals surface area contributed by atoms with E-state index >= 15 is 0 Å². The maximum atomic E-state index is 11.7. The van der Waals surface area contributed by atoms with Crippen molar-refractivity contribution >= 4 is 23.3 Å². The molecule has 242 valence electrons. The minimum atomic E-state index is -0.344. The number of nitrogens with zero attached hydrogens (tertiary/aromatic N) is 2. The zero-order chi connectivity index (χ0) is 31.8. The van der Waals surface area contributed by atoms with Gasteiger partial charge in [0.25, 0.3) is 0 Å². The molecule has 0 saturated heterocycles. The number of rotatable bonds is 14. The van der Waals surface area contributed by atoms with E-state index in [1.807, 2.05) is 20.1 Å². The Bertz CT molecular complexity index is 1320. The number of hydrogen-bond donors (Lipinski definition) is 0. The van der Waals surface area contributed by atoms with Crippen molar-refractivity contribution in [1.29, 1.82) is 0 Å². The van der Waals surface area contributed by atoms with Gasteiger partial charge in [0.1, 0.15) is 0 Å². The van der Waals surface area contributed by atoms with E-state index in [0.717, 1.165) is 104 Å². The number of aryl methyl sites for hydroxylation is 5. The van der Waals surface area contributed by atoms with Crippen LogP contribution in [0.3, 0.4) is 0 Å². The van der Waals surface area contributed by atoms with E-state index in [-0.39, 0.29) is 28.0 Å². The molecule has 0 saturated carbocycles. The molecule has 3 aromatic carbocycles. The molecule has 3 rings (SSSR count). The van der Waals surface area contributed by atoms with Gasteiger partial charge in [0.15, 0.2) is 0 Å². The SMILES string of the molecule is CCCCC(C=Nc1cc(CC)cc(CC)c1)=Nc1cc(CC)cc(CC)c1.CCCCc1c(C)c(CC)cc([O-])c1[O-].[Ni+2]. The molecule has 0 aliphatic carbocycles. The smallest absolute Gasteiger partial charge is 0.873 e. The van der Waals surface area contributed by atoms with Gasteiger partial charge < -0.3 is 10.2 Å². The van der Waals surface area contributed by atoms with Gasteiger partial charge in [-0.2, -0.15) is 0 Å². The van der Waals surface area contributed by atoms with Crippen molar-refractivity contribution in [1.82, 2.24) is 0 Å². The van der Waals surface area contributed by atoms with Gasteiger partial charge in [-0.3, -0.25) is 9.98 Å².